The van der Waals surface area contributed by atoms with Gasteiger partial charge in [0, 0.05) is 28.3 Å². The van der Waals surface area contributed by atoms with Crippen molar-refractivity contribution in [3.63, 3.8) is 0 Å². The Kier molecular flexibility index (Phi) is 5.86. The van der Waals surface area contributed by atoms with E-state index in [0.717, 1.165) is 16.7 Å². The van der Waals surface area contributed by atoms with Gasteiger partial charge in [0.25, 0.3) is 16.8 Å². The molecule has 0 atom stereocenters. The molecule has 2 heterocycles. The van der Waals surface area contributed by atoms with Gasteiger partial charge in [-0.1, -0.05) is 41.4 Å². The van der Waals surface area contributed by atoms with Crippen molar-refractivity contribution in [3.05, 3.63) is 91.0 Å². The summed E-state index contributed by atoms with van der Waals surface area (Å²) in [6.45, 7) is -0.192. The first-order valence-corrected chi connectivity index (χ1v) is 10.4. The second kappa shape index (κ2) is 8.58. The summed E-state index contributed by atoms with van der Waals surface area (Å²) in [4.78, 5) is 36.9. The molecule has 2 amide bonds. The molecule has 156 valence electrons. The zero-order chi connectivity index (χ0) is 22.1. The normalized spacial score (nSPS) is 15.2. The number of carbonyl (C=O) groups excluding carboxylic acids is 2. The Morgan fingerprint density at radius 1 is 1.10 bits per heavy atom. The average molecular weight is 475 g/mol. The van der Waals surface area contributed by atoms with Gasteiger partial charge in [-0.25, -0.2) is 0 Å². The Hall–Kier alpha value is -3.07. The zero-order valence-corrected chi connectivity index (χ0v) is 17.9. The van der Waals surface area contributed by atoms with E-state index in [1.807, 2.05) is 0 Å². The molecule has 10 heteroatoms. The van der Waals surface area contributed by atoms with Crippen LogP contribution in [0.3, 0.4) is 0 Å². The molecular formula is C21H12Cl2N2O5S. The zero-order valence-electron chi connectivity index (χ0n) is 15.6. The Morgan fingerprint density at radius 3 is 2.61 bits per heavy atom. The lowest BCUT2D eigenvalue weighted by atomic mass is 10.1. The number of nitrogens with zero attached hydrogens (tertiary/aromatic N) is 2. The number of hydrogen-bond acceptors (Lipinski definition) is 6. The SMILES string of the molecule is O=C1SC(=Cc2ccc(-c3ccc(Cl)cc3Cl)o2)C(=O)N1Cc1ccccc1[N+](=O)[O-]. The fourth-order valence-corrected chi connectivity index (χ4v) is 4.34. The number of benzene rings is 2. The minimum atomic E-state index is -0.546. The van der Waals surface area contributed by atoms with Gasteiger partial charge in [-0.15, -0.1) is 0 Å². The van der Waals surface area contributed by atoms with E-state index in [-0.39, 0.29) is 22.7 Å². The highest BCUT2D eigenvalue weighted by molar-refractivity contribution is 8.18. The maximum Gasteiger partial charge on any atom is 0.293 e. The number of carbonyl (C=O) groups is 2. The standard InChI is InChI=1S/C21H12Cl2N2O5S/c22-13-5-7-15(16(23)9-13)18-8-6-14(30-18)10-19-20(26)24(21(27)31-19)11-12-3-1-2-4-17(12)25(28)29/h1-10H,11H2. The van der Waals surface area contributed by atoms with Crippen LogP contribution in [0, 0.1) is 10.1 Å². The minimum Gasteiger partial charge on any atom is -0.457 e. The summed E-state index contributed by atoms with van der Waals surface area (Å²) in [6, 6.07) is 14.3. The molecule has 4 rings (SSSR count). The summed E-state index contributed by atoms with van der Waals surface area (Å²) in [7, 11) is 0. The molecule has 0 N–H and O–H groups in total. The number of halogens is 2. The molecule has 0 bridgehead atoms. The molecule has 3 aromatic rings. The van der Waals surface area contributed by atoms with Crippen LogP contribution in [-0.2, 0) is 11.3 Å². The maximum atomic E-state index is 12.7. The summed E-state index contributed by atoms with van der Waals surface area (Å²) in [5.41, 5.74) is 0.755. The number of para-hydroxylation sites is 1. The van der Waals surface area contributed by atoms with Gasteiger partial charge < -0.3 is 4.42 Å². The highest BCUT2D eigenvalue weighted by Crippen LogP contribution is 2.36. The average Bonchev–Trinajstić information content (AvgIpc) is 3.28. The molecular weight excluding hydrogens is 463 g/mol. The summed E-state index contributed by atoms with van der Waals surface area (Å²) in [5.74, 6) is 0.292. The highest BCUT2D eigenvalue weighted by Gasteiger charge is 2.36. The van der Waals surface area contributed by atoms with E-state index in [2.05, 4.69) is 0 Å². The molecule has 1 aliphatic heterocycles. The van der Waals surface area contributed by atoms with Crippen LogP contribution in [0.5, 0.6) is 0 Å². The second-order valence-electron chi connectivity index (χ2n) is 6.48. The third-order valence-electron chi connectivity index (χ3n) is 4.49. The van der Waals surface area contributed by atoms with Crippen molar-refractivity contribution in [2.75, 3.05) is 0 Å². The van der Waals surface area contributed by atoms with E-state index in [0.29, 0.717) is 27.1 Å². The summed E-state index contributed by atoms with van der Waals surface area (Å²) in [5, 5.41) is 11.6. The first kappa shape index (κ1) is 21.2. The van der Waals surface area contributed by atoms with Crippen LogP contribution in [0.4, 0.5) is 10.5 Å². The first-order chi connectivity index (χ1) is 14.8. The molecule has 0 spiro atoms. The molecule has 2 aromatic carbocycles. The summed E-state index contributed by atoms with van der Waals surface area (Å²) >= 11 is 12.9. The lowest BCUT2D eigenvalue weighted by Gasteiger charge is -2.12. The Balaban J connectivity index is 1.57. The fourth-order valence-electron chi connectivity index (χ4n) is 3.02. The predicted octanol–water partition coefficient (Wildman–Crippen LogP) is 6.40. The van der Waals surface area contributed by atoms with Crippen molar-refractivity contribution >= 4 is 57.9 Å². The number of furan rings is 1. The van der Waals surface area contributed by atoms with E-state index in [1.54, 1.807) is 36.4 Å². The fraction of sp³-hybridized carbons (Fsp3) is 0.0476. The van der Waals surface area contributed by atoms with E-state index < -0.39 is 16.1 Å². The number of nitro benzene ring substituents is 1. The molecule has 0 aliphatic carbocycles. The molecule has 0 saturated carbocycles. The largest absolute Gasteiger partial charge is 0.457 e. The Bertz CT molecular complexity index is 1250. The lowest BCUT2D eigenvalue weighted by Crippen LogP contribution is -2.27. The molecule has 1 aliphatic rings. The van der Waals surface area contributed by atoms with Gasteiger partial charge >= 0.3 is 0 Å². The lowest BCUT2D eigenvalue weighted by molar-refractivity contribution is -0.385. The van der Waals surface area contributed by atoms with Gasteiger partial charge in [0.15, 0.2) is 0 Å². The third-order valence-corrected chi connectivity index (χ3v) is 5.94. The number of rotatable bonds is 5. The predicted molar refractivity (Wildman–Crippen MR) is 119 cm³/mol. The maximum absolute atomic E-state index is 12.7. The van der Waals surface area contributed by atoms with Crippen molar-refractivity contribution in [2.45, 2.75) is 6.54 Å². The molecule has 7 nitrogen and oxygen atoms in total. The smallest absolute Gasteiger partial charge is 0.293 e. The van der Waals surface area contributed by atoms with Crippen molar-refractivity contribution in [1.82, 2.24) is 4.90 Å². The molecule has 0 radical (unpaired) electrons. The molecule has 31 heavy (non-hydrogen) atoms. The number of thioether (sulfide) groups is 1. The van der Waals surface area contributed by atoms with E-state index in [4.69, 9.17) is 27.6 Å². The summed E-state index contributed by atoms with van der Waals surface area (Å²) < 4.78 is 5.75. The highest BCUT2D eigenvalue weighted by atomic mass is 35.5. The van der Waals surface area contributed by atoms with Gasteiger partial charge in [-0.3, -0.25) is 24.6 Å². The van der Waals surface area contributed by atoms with E-state index in [9.17, 15) is 19.7 Å². The molecule has 1 saturated heterocycles. The third kappa shape index (κ3) is 4.36. The van der Waals surface area contributed by atoms with Gasteiger partial charge in [0.1, 0.15) is 11.5 Å². The molecule has 1 fully saturated rings. The van der Waals surface area contributed by atoms with Crippen LogP contribution in [0.1, 0.15) is 11.3 Å². The van der Waals surface area contributed by atoms with Gasteiger partial charge in [0.2, 0.25) is 0 Å². The molecule has 1 aromatic heterocycles. The van der Waals surface area contributed by atoms with Crippen LogP contribution in [-0.4, -0.2) is 21.0 Å². The number of amides is 2. The first-order valence-electron chi connectivity index (χ1n) is 8.86. The van der Waals surface area contributed by atoms with Crippen LogP contribution in [0.15, 0.2) is 63.9 Å². The van der Waals surface area contributed by atoms with Gasteiger partial charge in [-0.2, -0.15) is 0 Å². The quantitative estimate of drug-likeness (QED) is 0.241. The Morgan fingerprint density at radius 2 is 1.87 bits per heavy atom. The number of imide groups is 1. The van der Waals surface area contributed by atoms with E-state index >= 15 is 0 Å². The van der Waals surface area contributed by atoms with Crippen molar-refractivity contribution in [2.24, 2.45) is 0 Å². The summed E-state index contributed by atoms with van der Waals surface area (Å²) in [6.07, 6.45) is 1.46. The van der Waals surface area contributed by atoms with Crippen LogP contribution in [0.2, 0.25) is 10.0 Å². The van der Waals surface area contributed by atoms with Crippen molar-refractivity contribution in [1.29, 1.82) is 0 Å². The monoisotopic (exact) mass is 474 g/mol. The van der Waals surface area contributed by atoms with Crippen LogP contribution >= 0.6 is 35.0 Å². The Labute approximate surface area is 190 Å². The number of nitro groups is 1. The van der Waals surface area contributed by atoms with Crippen molar-refractivity contribution in [3.8, 4) is 11.3 Å². The second-order valence-corrected chi connectivity index (χ2v) is 8.32. The van der Waals surface area contributed by atoms with E-state index in [1.165, 1.54) is 24.3 Å². The van der Waals surface area contributed by atoms with Crippen LogP contribution in [0.25, 0.3) is 17.4 Å². The van der Waals surface area contributed by atoms with Gasteiger partial charge in [0.05, 0.1) is 21.4 Å². The topological polar surface area (TPSA) is 93.7 Å². The number of hydrogen-bond donors (Lipinski definition) is 0. The van der Waals surface area contributed by atoms with Crippen molar-refractivity contribution < 1.29 is 18.9 Å². The van der Waals surface area contributed by atoms with Gasteiger partial charge in [-0.05, 0) is 42.1 Å². The van der Waals surface area contributed by atoms with Crippen LogP contribution < -0.4 is 0 Å². The molecule has 0 unspecified atom stereocenters. The minimum absolute atomic E-state index is 0.152.